The van der Waals surface area contributed by atoms with Crippen LogP contribution in [0.2, 0.25) is 0 Å². The lowest BCUT2D eigenvalue weighted by atomic mass is 9.95. The number of aromatic nitrogens is 6. The minimum Gasteiger partial charge on any atom is -0.460 e. The zero-order valence-electron chi connectivity index (χ0n) is 23.6. The molecule has 0 aromatic carbocycles. The average Bonchev–Trinajstić information content (AvgIpc) is 3.68. The number of halogens is 5. The van der Waals surface area contributed by atoms with E-state index in [9.17, 15) is 27.5 Å². The van der Waals surface area contributed by atoms with Crippen molar-refractivity contribution in [2.75, 3.05) is 11.5 Å². The first-order chi connectivity index (χ1) is 20.2. The Balaban J connectivity index is 0.000000251. The van der Waals surface area contributed by atoms with E-state index in [-0.39, 0.29) is 49.7 Å². The molecule has 2 aliphatic heterocycles. The standard InChI is InChI=1S/C13H16F2N4O2.C7H11FO2.C6H4BrFN4.2CH4/c1-3-8-6(2)10(14)13(20,21-8)9-5-4-7-11(16)17-12(15)18-19(7)9;1-3-5-4(2)6(8)7(9)10-5;7-4-2-1-3-5(9)10-6(8)11-12(3)4;;/h4-6,8,10,20H,3H2,1-2H3,(H2,16,17,18);4-6H,3H2,1-2H3;1-2H,(H2,9,10,11);2*1H4/t6-,8-,10-,13?;4-,5-,6-;;;/m11.../s1. The molecule has 0 saturated carbocycles. The number of nitrogens with two attached hydrogens (primary N) is 2. The van der Waals surface area contributed by atoms with Crippen LogP contribution in [0, 0.1) is 24.0 Å². The predicted molar refractivity (Wildman–Crippen MR) is 163 cm³/mol. The number of hydrogen-bond acceptors (Lipinski definition) is 10. The lowest BCUT2D eigenvalue weighted by Gasteiger charge is -2.24. The summed E-state index contributed by atoms with van der Waals surface area (Å²) in [6.45, 7) is 7.09. The van der Waals surface area contributed by atoms with Gasteiger partial charge >= 0.3 is 18.1 Å². The molecule has 2 aliphatic rings. The SMILES string of the molecule is C.C.CC[C@H]1OC(=O)[C@H](F)[C@@H]1C.CC[C@H]1OC(O)(c2ccc3c(N)nc(F)nn23)[C@H](F)[C@@H]1C.Nc1nc(F)nn2c(Br)ccc12. The number of nitrogens with zero attached hydrogens (tertiary/aromatic N) is 6. The molecular weight excluding hydrogens is 668 g/mol. The first-order valence-corrected chi connectivity index (χ1v) is 14.2. The summed E-state index contributed by atoms with van der Waals surface area (Å²) in [5.74, 6) is -3.59. The molecule has 0 radical (unpaired) electrons. The van der Waals surface area contributed by atoms with Crippen LogP contribution < -0.4 is 11.5 Å². The lowest BCUT2D eigenvalue weighted by molar-refractivity contribution is -0.227. The second-order valence-corrected chi connectivity index (χ2v) is 11.0. The highest BCUT2D eigenvalue weighted by Crippen LogP contribution is 2.44. The smallest absolute Gasteiger partial charge is 0.341 e. The van der Waals surface area contributed by atoms with Crippen molar-refractivity contribution in [3.05, 3.63) is 46.7 Å². The summed E-state index contributed by atoms with van der Waals surface area (Å²) in [7, 11) is 0. The summed E-state index contributed by atoms with van der Waals surface area (Å²) in [6.07, 6.45) is -4.33. The first-order valence-electron chi connectivity index (χ1n) is 13.4. The van der Waals surface area contributed by atoms with E-state index < -0.39 is 48.3 Å². The number of alkyl halides is 2. The number of carbonyl (C=O) groups is 1. The fourth-order valence-corrected chi connectivity index (χ4v) is 5.41. The van der Waals surface area contributed by atoms with E-state index in [1.807, 2.05) is 13.8 Å². The van der Waals surface area contributed by atoms with Crippen molar-refractivity contribution in [1.82, 2.24) is 29.2 Å². The molecule has 17 heteroatoms. The zero-order valence-corrected chi connectivity index (χ0v) is 25.2. The van der Waals surface area contributed by atoms with Crippen molar-refractivity contribution in [2.45, 2.75) is 85.7 Å². The van der Waals surface area contributed by atoms with Crippen LogP contribution in [0.5, 0.6) is 0 Å². The van der Waals surface area contributed by atoms with Gasteiger partial charge in [0, 0.05) is 11.8 Å². The Hall–Kier alpha value is -3.57. The first kappa shape index (κ1) is 37.6. The van der Waals surface area contributed by atoms with Gasteiger partial charge in [0.25, 0.3) is 0 Å². The molecule has 6 heterocycles. The second kappa shape index (κ2) is 14.7. The number of cyclic esters (lactones) is 1. The van der Waals surface area contributed by atoms with Crippen LogP contribution in [0.1, 0.15) is 61.1 Å². The van der Waals surface area contributed by atoms with Crippen molar-refractivity contribution >= 4 is 44.6 Å². The highest BCUT2D eigenvalue weighted by Gasteiger charge is 2.55. The van der Waals surface area contributed by atoms with E-state index in [1.54, 1.807) is 26.0 Å². The number of aliphatic hydroxyl groups is 1. The Kier molecular flexibility index (Phi) is 12.3. The molecule has 12 nitrogen and oxygen atoms in total. The van der Waals surface area contributed by atoms with Gasteiger partial charge in [-0.15, -0.1) is 10.2 Å². The van der Waals surface area contributed by atoms with Crippen LogP contribution in [0.25, 0.3) is 11.0 Å². The van der Waals surface area contributed by atoms with Gasteiger partial charge in [0.1, 0.15) is 27.4 Å². The topological polar surface area (TPSA) is 168 Å². The Morgan fingerprint density at radius 3 is 1.89 bits per heavy atom. The largest absolute Gasteiger partial charge is 0.460 e. The number of nitrogen functional groups attached to an aromatic ring is 2. The molecule has 7 atom stereocenters. The third-order valence-corrected chi connectivity index (χ3v) is 8.05. The molecule has 4 aromatic rings. The Labute approximate surface area is 266 Å². The maximum absolute atomic E-state index is 14.5. The summed E-state index contributed by atoms with van der Waals surface area (Å²) in [5, 5.41) is 17.7. The quantitative estimate of drug-likeness (QED) is 0.191. The fraction of sp³-hybridized carbons (Fsp3) is 0.536. The molecule has 0 bridgehead atoms. The van der Waals surface area contributed by atoms with Crippen molar-refractivity contribution in [1.29, 1.82) is 0 Å². The third kappa shape index (κ3) is 7.14. The number of esters is 1. The Morgan fingerprint density at radius 2 is 1.42 bits per heavy atom. The van der Waals surface area contributed by atoms with E-state index >= 15 is 0 Å². The summed E-state index contributed by atoms with van der Waals surface area (Å²) in [5.41, 5.74) is 11.9. The minimum absolute atomic E-state index is 0. The van der Waals surface area contributed by atoms with E-state index in [0.717, 1.165) is 4.52 Å². The molecule has 1 unspecified atom stereocenters. The van der Waals surface area contributed by atoms with Gasteiger partial charge in [-0.05, 0) is 53.0 Å². The molecule has 2 saturated heterocycles. The van der Waals surface area contributed by atoms with Crippen molar-refractivity contribution < 1.29 is 36.9 Å². The number of hydrogen-bond donors (Lipinski definition) is 3. The molecular formula is C28H39BrF4N8O4. The number of fused-ring (bicyclic) bond motifs is 2. The molecule has 0 amide bonds. The molecule has 2 fully saturated rings. The van der Waals surface area contributed by atoms with E-state index in [1.165, 1.54) is 16.6 Å². The highest BCUT2D eigenvalue weighted by atomic mass is 79.9. The minimum atomic E-state index is -2.18. The number of rotatable bonds is 3. The number of anilines is 2. The van der Waals surface area contributed by atoms with Crippen molar-refractivity contribution in [3.63, 3.8) is 0 Å². The van der Waals surface area contributed by atoms with Crippen LogP contribution in [0.4, 0.5) is 29.2 Å². The van der Waals surface area contributed by atoms with Gasteiger partial charge in [-0.25, -0.2) is 22.6 Å². The summed E-state index contributed by atoms with van der Waals surface area (Å²) in [6, 6.07) is 6.33. The van der Waals surface area contributed by atoms with Gasteiger partial charge in [0.15, 0.2) is 17.8 Å². The van der Waals surface area contributed by atoms with Gasteiger partial charge in [-0.3, -0.25) is 0 Å². The summed E-state index contributed by atoms with van der Waals surface area (Å²) < 4.78 is 66.4. The number of ether oxygens (including phenoxy) is 2. The summed E-state index contributed by atoms with van der Waals surface area (Å²) in [4.78, 5) is 17.3. The highest BCUT2D eigenvalue weighted by molar-refractivity contribution is 9.10. The average molecular weight is 708 g/mol. The molecule has 0 spiro atoms. The zero-order chi connectivity index (χ0) is 31.8. The van der Waals surface area contributed by atoms with Gasteiger partial charge in [-0.2, -0.15) is 18.7 Å². The van der Waals surface area contributed by atoms with Gasteiger partial charge in [0.05, 0.1) is 6.10 Å². The van der Waals surface area contributed by atoms with Gasteiger partial charge in [-0.1, -0.05) is 42.5 Å². The monoisotopic (exact) mass is 706 g/mol. The molecule has 4 aromatic heterocycles. The van der Waals surface area contributed by atoms with E-state index in [0.29, 0.717) is 23.0 Å². The normalized spacial score (nSPS) is 27.1. The molecule has 0 aliphatic carbocycles. The number of carbonyl (C=O) groups excluding carboxylic acids is 1. The van der Waals surface area contributed by atoms with Crippen LogP contribution in [0.3, 0.4) is 0 Å². The molecule has 6 rings (SSSR count). The van der Waals surface area contributed by atoms with Crippen LogP contribution in [0.15, 0.2) is 28.9 Å². The Morgan fingerprint density at radius 1 is 0.911 bits per heavy atom. The maximum Gasteiger partial charge on any atom is 0.341 e. The van der Waals surface area contributed by atoms with Crippen LogP contribution in [-0.4, -0.2) is 64.8 Å². The third-order valence-electron chi connectivity index (χ3n) is 7.45. The van der Waals surface area contributed by atoms with Gasteiger partial charge in [0.2, 0.25) is 12.0 Å². The molecule has 250 valence electrons. The van der Waals surface area contributed by atoms with E-state index in [2.05, 4.69) is 36.1 Å². The molecule has 45 heavy (non-hydrogen) atoms. The van der Waals surface area contributed by atoms with Crippen LogP contribution in [-0.2, 0) is 20.1 Å². The fourth-order valence-electron chi connectivity index (χ4n) is 5.01. The van der Waals surface area contributed by atoms with Crippen LogP contribution >= 0.6 is 15.9 Å². The van der Waals surface area contributed by atoms with Crippen molar-refractivity contribution in [3.8, 4) is 0 Å². The predicted octanol–water partition coefficient (Wildman–Crippen LogP) is 5.16. The maximum atomic E-state index is 14.5. The van der Waals surface area contributed by atoms with E-state index in [4.69, 9.17) is 20.9 Å². The Bertz CT molecular complexity index is 1620. The molecule has 5 N–H and O–H groups in total. The summed E-state index contributed by atoms with van der Waals surface area (Å²) >= 11 is 3.19. The lowest BCUT2D eigenvalue weighted by Crippen LogP contribution is -2.37. The van der Waals surface area contributed by atoms with Crippen molar-refractivity contribution in [2.24, 2.45) is 11.8 Å². The van der Waals surface area contributed by atoms with Gasteiger partial charge < -0.3 is 26.0 Å². The second-order valence-electron chi connectivity index (χ2n) is 10.2.